The summed E-state index contributed by atoms with van der Waals surface area (Å²) in [6.07, 6.45) is -1.40. The molecule has 0 saturated carbocycles. The summed E-state index contributed by atoms with van der Waals surface area (Å²) in [5.74, 6) is 1.77. The molecule has 11 nitrogen and oxygen atoms in total. The van der Waals surface area contributed by atoms with Crippen molar-refractivity contribution in [3.63, 3.8) is 0 Å². The van der Waals surface area contributed by atoms with Crippen molar-refractivity contribution in [1.29, 1.82) is 0 Å². The monoisotopic (exact) mass is 417 g/mol. The summed E-state index contributed by atoms with van der Waals surface area (Å²) in [4.78, 5) is 12.8. The fraction of sp³-hybridized carbons (Fsp3) is 0.421. The van der Waals surface area contributed by atoms with Gasteiger partial charge in [0.15, 0.2) is 34.7 Å². The Hall–Kier alpha value is -2.99. The number of benzene rings is 1. The second-order valence-corrected chi connectivity index (χ2v) is 6.82. The highest BCUT2D eigenvalue weighted by Gasteiger charge is 2.44. The molecule has 2 aromatic heterocycles. The largest absolute Gasteiger partial charge is 0.493 e. The molecule has 3 aromatic rings. The normalized spacial score (nSPS) is 23.6. The lowest BCUT2D eigenvalue weighted by atomic mass is 10.1. The number of imidazole rings is 1. The summed E-state index contributed by atoms with van der Waals surface area (Å²) in [6.45, 7) is 0.0433. The van der Waals surface area contributed by atoms with Gasteiger partial charge in [0, 0.05) is 6.54 Å². The highest BCUT2D eigenvalue weighted by atomic mass is 16.6. The van der Waals surface area contributed by atoms with Gasteiger partial charge in [0.2, 0.25) is 0 Å². The second-order valence-electron chi connectivity index (χ2n) is 6.82. The standard InChI is InChI=1S/C19H23N5O6/c1-28-11-4-3-10(5-12(11)29-2)6-20-17-14-18(22-8-21-17)24(9-23-14)19-16(27)15(26)13(7-25)30-19/h3-5,8-9,13,15-16,19,25-27H,6-7H2,1-2H3,(H,20,21,22)/t13-,15+,16?,19-/m1/s1. The molecule has 0 amide bonds. The zero-order valence-electron chi connectivity index (χ0n) is 16.5. The van der Waals surface area contributed by atoms with Crippen molar-refractivity contribution < 1.29 is 29.5 Å². The lowest BCUT2D eigenvalue weighted by molar-refractivity contribution is -0.0511. The van der Waals surface area contributed by atoms with Gasteiger partial charge in [-0.25, -0.2) is 15.0 Å². The Labute approximate surface area is 171 Å². The average molecular weight is 417 g/mol. The third kappa shape index (κ3) is 3.52. The van der Waals surface area contributed by atoms with E-state index < -0.39 is 31.1 Å². The van der Waals surface area contributed by atoms with Crippen molar-refractivity contribution in [2.24, 2.45) is 0 Å². The van der Waals surface area contributed by atoms with Crippen LogP contribution in [-0.4, -0.2) is 74.0 Å². The Balaban J connectivity index is 1.57. The maximum absolute atomic E-state index is 10.3. The first-order valence-electron chi connectivity index (χ1n) is 9.32. The Morgan fingerprint density at radius 3 is 2.60 bits per heavy atom. The van der Waals surface area contributed by atoms with Crippen molar-refractivity contribution in [1.82, 2.24) is 19.5 Å². The van der Waals surface area contributed by atoms with Gasteiger partial charge in [-0.2, -0.15) is 0 Å². The van der Waals surface area contributed by atoms with Gasteiger partial charge in [-0.1, -0.05) is 6.07 Å². The minimum atomic E-state index is -1.22. The van der Waals surface area contributed by atoms with Gasteiger partial charge < -0.3 is 34.8 Å². The first-order valence-corrected chi connectivity index (χ1v) is 9.32. The number of fused-ring (bicyclic) bond motifs is 1. The van der Waals surface area contributed by atoms with Crippen LogP contribution in [0.5, 0.6) is 11.5 Å². The Bertz CT molecular complexity index is 1030. The molecule has 4 atom stereocenters. The van der Waals surface area contributed by atoms with E-state index in [9.17, 15) is 15.3 Å². The molecule has 11 heteroatoms. The predicted molar refractivity (Wildman–Crippen MR) is 105 cm³/mol. The maximum atomic E-state index is 10.3. The van der Waals surface area contributed by atoms with Crippen molar-refractivity contribution in [3.05, 3.63) is 36.4 Å². The highest BCUT2D eigenvalue weighted by Crippen LogP contribution is 2.32. The van der Waals surface area contributed by atoms with Crippen LogP contribution in [0.15, 0.2) is 30.9 Å². The predicted octanol–water partition coefficient (Wildman–Crippen LogP) is 0.0671. The minimum Gasteiger partial charge on any atom is -0.493 e. The number of rotatable bonds is 7. The summed E-state index contributed by atoms with van der Waals surface area (Å²) in [6, 6.07) is 5.59. The Kier molecular flexibility index (Phi) is 5.68. The van der Waals surface area contributed by atoms with Gasteiger partial charge in [-0.3, -0.25) is 4.57 Å². The summed E-state index contributed by atoms with van der Waals surface area (Å²) >= 11 is 0. The molecule has 4 rings (SSSR count). The Morgan fingerprint density at radius 2 is 1.90 bits per heavy atom. The highest BCUT2D eigenvalue weighted by molar-refractivity contribution is 5.82. The Morgan fingerprint density at radius 1 is 1.10 bits per heavy atom. The summed E-state index contributed by atoms with van der Waals surface area (Å²) in [7, 11) is 3.16. The molecule has 160 valence electrons. The number of ether oxygens (including phenoxy) is 3. The number of hydrogen-bond acceptors (Lipinski definition) is 10. The molecule has 1 aliphatic heterocycles. The van der Waals surface area contributed by atoms with Crippen LogP contribution < -0.4 is 14.8 Å². The molecule has 3 heterocycles. The van der Waals surface area contributed by atoms with Crippen LogP contribution in [0.4, 0.5) is 5.82 Å². The van der Waals surface area contributed by atoms with Crippen molar-refractivity contribution in [2.75, 3.05) is 26.1 Å². The molecule has 1 saturated heterocycles. The molecule has 0 spiro atoms. The van der Waals surface area contributed by atoms with Gasteiger partial charge in [-0.05, 0) is 17.7 Å². The number of aliphatic hydroxyl groups excluding tert-OH is 3. The molecule has 0 radical (unpaired) electrons. The molecule has 4 N–H and O–H groups in total. The van der Waals surface area contributed by atoms with Gasteiger partial charge >= 0.3 is 0 Å². The van der Waals surface area contributed by atoms with E-state index in [2.05, 4.69) is 20.3 Å². The molecule has 1 fully saturated rings. The molecular formula is C19H23N5O6. The minimum absolute atomic E-state index is 0.408. The molecule has 30 heavy (non-hydrogen) atoms. The first-order chi connectivity index (χ1) is 14.6. The van der Waals surface area contributed by atoms with E-state index in [-0.39, 0.29) is 0 Å². The number of nitrogens with zero attached hydrogens (tertiary/aromatic N) is 4. The quantitative estimate of drug-likeness (QED) is 0.417. The number of anilines is 1. The van der Waals surface area contributed by atoms with E-state index in [4.69, 9.17) is 14.2 Å². The van der Waals surface area contributed by atoms with E-state index in [1.807, 2.05) is 18.2 Å². The molecule has 1 unspecified atom stereocenters. The fourth-order valence-corrected chi connectivity index (χ4v) is 3.45. The van der Waals surface area contributed by atoms with Crippen LogP contribution in [0.1, 0.15) is 11.8 Å². The number of nitrogens with one attached hydrogen (secondary N) is 1. The number of aliphatic hydroxyl groups is 3. The SMILES string of the molecule is COc1ccc(CNc2ncnc3c2ncn3[C@@H]2O[C@H](CO)[C@H](O)C2O)cc1OC. The van der Waals surface area contributed by atoms with Crippen LogP contribution in [-0.2, 0) is 11.3 Å². The lowest BCUT2D eigenvalue weighted by Gasteiger charge is -2.16. The molecule has 1 aromatic carbocycles. The molecule has 0 bridgehead atoms. The zero-order valence-corrected chi connectivity index (χ0v) is 16.5. The van der Waals surface area contributed by atoms with Gasteiger partial charge in [-0.15, -0.1) is 0 Å². The fourth-order valence-electron chi connectivity index (χ4n) is 3.45. The third-order valence-corrected chi connectivity index (χ3v) is 5.06. The first kappa shape index (κ1) is 20.3. The molecule has 1 aliphatic rings. The molecular weight excluding hydrogens is 394 g/mol. The summed E-state index contributed by atoms with van der Waals surface area (Å²) < 4.78 is 17.7. The van der Waals surface area contributed by atoms with Crippen molar-refractivity contribution >= 4 is 17.0 Å². The topological polar surface area (TPSA) is 144 Å². The van der Waals surface area contributed by atoms with E-state index in [0.29, 0.717) is 35.0 Å². The second kappa shape index (κ2) is 8.40. The van der Waals surface area contributed by atoms with Crippen molar-refractivity contribution in [3.8, 4) is 11.5 Å². The third-order valence-electron chi connectivity index (χ3n) is 5.06. The summed E-state index contributed by atoms with van der Waals surface area (Å²) in [5.41, 5.74) is 1.85. The van der Waals surface area contributed by atoms with Crippen LogP contribution in [0.25, 0.3) is 11.2 Å². The van der Waals surface area contributed by atoms with Crippen LogP contribution in [0.3, 0.4) is 0 Å². The maximum Gasteiger partial charge on any atom is 0.167 e. The van der Waals surface area contributed by atoms with E-state index in [0.717, 1.165) is 5.56 Å². The van der Waals surface area contributed by atoms with Crippen LogP contribution in [0.2, 0.25) is 0 Å². The van der Waals surface area contributed by atoms with Crippen LogP contribution >= 0.6 is 0 Å². The van der Waals surface area contributed by atoms with Crippen LogP contribution in [0, 0.1) is 0 Å². The lowest BCUT2D eigenvalue weighted by Crippen LogP contribution is -2.33. The molecule has 0 aliphatic carbocycles. The number of hydrogen-bond donors (Lipinski definition) is 4. The zero-order chi connectivity index (χ0) is 21.3. The smallest absolute Gasteiger partial charge is 0.167 e. The van der Waals surface area contributed by atoms with E-state index in [1.165, 1.54) is 17.2 Å². The van der Waals surface area contributed by atoms with Gasteiger partial charge in [0.25, 0.3) is 0 Å². The van der Waals surface area contributed by atoms with Crippen molar-refractivity contribution in [2.45, 2.75) is 31.1 Å². The van der Waals surface area contributed by atoms with E-state index in [1.54, 1.807) is 14.2 Å². The summed E-state index contributed by atoms with van der Waals surface area (Å²) in [5, 5.41) is 32.8. The van der Waals surface area contributed by atoms with Gasteiger partial charge in [0.05, 0.1) is 27.2 Å². The van der Waals surface area contributed by atoms with Gasteiger partial charge in [0.1, 0.15) is 24.6 Å². The number of aromatic nitrogens is 4. The number of methoxy groups -OCH3 is 2. The van der Waals surface area contributed by atoms with E-state index >= 15 is 0 Å². The average Bonchev–Trinajstić information content (AvgIpc) is 3.33.